The molecule has 2 heteroatoms. The molecule has 0 nitrogen and oxygen atoms in total. The molecule has 20 heavy (non-hydrogen) atoms. The molecule has 98 valence electrons. The molecule has 0 aliphatic heterocycles. The number of hydrogen-bond donors (Lipinski definition) is 0. The van der Waals surface area contributed by atoms with Gasteiger partial charge in [-0.2, -0.15) is 0 Å². The first-order chi connectivity index (χ1) is 9.86. The van der Waals surface area contributed by atoms with Crippen molar-refractivity contribution in [3.63, 3.8) is 0 Å². The van der Waals surface area contributed by atoms with Crippen LogP contribution in [0.1, 0.15) is 0 Å². The van der Waals surface area contributed by atoms with E-state index in [0.717, 1.165) is 0 Å². The van der Waals surface area contributed by atoms with Crippen molar-refractivity contribution >= 4 is 38.4 Å². The molecule has 0 bridgehead atoms. The van der Waals surface area contributed by atoms with Crippen LogP contribution in [0.2, 0.25) is 0 Å². The van der Waals surface area contributed by atoms with Gasteiger partial charge in [0.2, 0.25) is 0 Å². The van der Waals surface area contributed by atoms with E-state index in [1.165, 1.54) is 21.2 Å². The van der Waals surface area contributed by atoms with Crippen LogP contribution in [0, 0.1) is 0 Å². The maximum atomic E-state index is 2.87. The molecule has 0 spiro atoms. The predicted octanol–water partition coefficient (Wildman–Crippen LogP) is 2.95. The second kappa shape index (κ2) is 6.31. The lowest BCUT2D eigenvalue weighted by Crippen LogP contribution is -2.27. The molecule has 0 fully saturated rings. The van der Waals surface area contributed by atoms with Crippen LogP contribution in [0.5, 0.6) is 0 Å². The lowest BCUT2D eigenvalue weighted by atomic mass is 10.3. The zero-order valence-corrected chi connectivity index (χ0v) is 13.2. The fourth-order valence-electron chi connectivity index (χ4n) is 2.27. The molecule has 0 aromatic heterocycles. The van der Waals surface area contributed by atoms with E-state index < -0.39 is 7.92 Å². The van der Waals surface area contributed by atoms with E-state index in [0.29, 0.717) is 0 Å². The molecular weight excluding hydrogens is 278 g/mol. The van der Waals surface area contributed by atoms with E-state index in [1.807, 2.05) is 0 Å². The van der Waals surface area contributed by atoms with E-state index in [1.54, 1.807) is 0 Å². The number of benzene rings is 3. The minimum absolute atomic E-state index is 0.488. The van der Waals surface area contributed by atoms with Crippen molar-refractivity contribution in [3.05, 3.63) is 84.9 Å². The van der Waals surface area contributed by atoms with Crippen molar-refractivity contribution in [2.24, 2.45) is 0 Å². The van der Waals surface area contributed by atoms with Gasteiger partial charge in [-0.1, -0.05) is 84.9 Å². The van der Waals surface area contributed by atoms with Gasteiger partial charge in [-0.25, -0.2) is 0 Å². The van der Waals surface area contributed by atoms with Gasteiger partial charge in [-0.3, -0.25) is 0 Å². The summed E-state index contributed by atoms with van der Waals surface area (Å²) in [5.74, 6) is 0. The van der Waals surface area contributed by atoms with Crippen molar-refractivity contribution in [2.75, 3.05) is 0 Å². The maximum Gasteiger partial charge on any atom is -0.00795 e. The molecule has 0 saturated heterocycles. The van der Waals surface area contributed by atoms with Crippen molar-refractivity contribution in [1.29, 1.82) is 0 Å². The summed E-state index contributed by atoms with van der Waals surface area (Å²) >= 11 is 0. The molecule has 0 saturated carbocycles. The Morgan fingerprint density at radius 3 is 1.50 bits per heavy atom. The van der Waals surface area contributed by atoms with Gasteiger partial charge in [-0.15, -0.1) is 9.24 Å². The fraction of sp³-hybridized carbons (Fsp3) is 0. The summed E-state index contributed by atoms with van der Waals surface area (Å²) in [6.07, 6.45) is 0. The zero-order valence-electron chi connectivity index (χ0n) is 11.1. The van der Waals surface area contributed by atoms with Crippen molar-refractivity contribution in [1.82, 2.24) is 0 Å². The molecule has 0 amide bonds. The monoisotopic (exact) mass is 294 g/mol. The number of rotatable bonds is 3. The van der Waals surface area contributed by atoms with Crippen LogP contribution in [0.15, 0.2) is 84.9 Å². The third-order valence-electron chi connectivity index (χ3n) is 3.21. The van der Waals surface area contributed by atoms with Crippen LogP contribution in [0.25, 0.3) is 0 Å². The maximum absolute atomic E-state index is 2.87. The SMILES string of the molecule is Pc1ccccc1P(c1ccccc1)c1ccccc1. The average molecular weight is 294 g/mol. The van der Waals surface area contributed by atoms with Gasteiger partial charge in [0, 0.05) is 0 Å². The van der Waals surface area contributed by atoms with Crippen LogP contribution < -0.4 is 21.2 Å². The Kier molecular flexibility index (Phi) is 4.26. The first-order valence-corrected chi connectivity index (χ1v) is 8.53. The lowest BCUT2D eigenvalue weighted by Gasteiger charge is -2.20. The first kappa shape index (κ1) is 13.5. The highest BCUT2D eigenvalue weighted by Crippen LogP contribution is 2.32. The third kappa shape index (κ3) is 2.83. The third-order valence-corrected chi connectivity index (χ3v) is 6.47. The molecule has 3 aromatic rings. The largest absolute Gasteiger partial charge is 0.105 e. The minimum atomic E-state index is -0.488. The second-order valence-electron chi connectivity index (χ2n) is 4.57. The van der Waals surface area contributed by atoms with Crippen LogP contribution in [-0.2, 0) is 0 Å². The van der Waals surface area contributed by atoms with Crippen LogP contribution in [0.3, 0.4) is 0 Å². The van der Waals surface area contributed by atoms with E-state index in [4.69, 9.17) is 0 Å². The standard InChI is InChI=1S/C18H16P2/c19-17-13-7-8-14-18(17)20(15-9-3-1-4-10-15)16-11-5-2-6-12-16/h1-14H,19H2. The second-order valence-corrected chi connectivity index (χ2v) is 7.37. The lowest BCUT2D eigenvalue weighted by molar-refractivity contribution is 1.75. The minimum Gasteiger partial charge on any atom is -0.105 e. The molecule has 0 N–H and O–H groups in total. The fourth-order valence-corrected chi connectivity index (χ4v) is 5.23. The quantitative estimate of drug-likeness (QED) is 0.652. The normalized spacial score (nSPS) is 10.7. The van der Waals surface area contributed by atoms with E-state index in [-0.39, 0.29) is 0 Å². The van der Waals surface area contributed by atoms with Crippen molar-refractivity contribution in [3.8, 4) is 0 Å². The summed E-state index contributed by atoms with van der Waals surface area (Å²) in [4.78, 5) is 0. The Morgan fingerprint density at radius 1 is 0.550 bits per heavy atom. The topological polar surface area (TPSA) is 0 Å². The Labute approximate surface area is 123 Å². The highest BCUT2D eigenvalue weighted by Gasteiger charge is 2.17. The van der Waals surface area contributed by atoms with Gasteiger partial charge < -0.3 is 0 Å². The van der Waals surface area contributed by atoms with E-state index >= 15 is 0 Å². The molecule has 0 aliphatic carbocycles. The van der Waals surface area contributed by atoms with Gasteiger partial charge in [0.15, 0.2) is 0 Å². The average Bonchev–Trinajstić information content (AvgIpc) is 2.52. The molecule has 0 heterocycles. The Bertz CT molecular complexity index is 639. The Morgan fingerprint density at radius 2 is 1.00 bits per heavy atom. The highest BCUT2D eigenvalue weighted by molar-refractivity contribution is 7.80. The van der Waals surface area contributed by atoms with Crippen molar-refractivity contribution < 1.29 is 0 Å². The van der Waals surface area contributed by atoms with Crippen LogP contribution in [-0.4, -0.2) is 0 Å². The van der Waals surface area contributed by atoms with Gasteiger partial charge in [0.05, 0.1) is 0 Å². The smallest absolute Gasteiger partial charge is 0.00795 e. The van der Waals surface area contributed by atoms with Gasteiger partial charge in [0.1, 0.15) is 0 Å². The van der Waals surface area contributed by atoms with E-state index in [2.05, 4.69) is 94.2 Å². The molecule has 3 rings (SSSR count). The molecule has 3 aromatic carbocycles. The molecule has 0 radical (unpaired) electrons. The summed E-state index contributed by atoms with van der Waals surface area (Å²) in [6.45, 7) is 0. The molecule has 0 aliphatic rings. The number of hydrogen-bond acceptors (Lipinski definition) is 0. The van der Waals surface area contributed by atoms with Gasteiger partial charge in [-0.05, 0) is 29.1 Å². The molecular formula is C18H16P2. The predicted molar refractivity (Wildman–Crippen MR) is 94.5 cm³/mol. The Balaban J connectivity index is 2.17. The summed E-state index contributed by atoms with van der Waals surface area (Å²) < 4.78 is 0. The van der Waals surface area contributed by atoms with Gasteiger partial charge >= 0.3 is 0 Å². The summed E-state index contributed by atoms with van der Waals surface area (Å²) in [5.41, 5.74) is 0. The molecule has 1 atom stereocenters. The van der Waals surface area contributed by atoms with Crippen molar-refractivity contribution in [2.45, 2.75) is 0 Å². The van der Waals surface area contributed by atoms with Crippen LogP contribution >= 0.6 is 17.2 Å². The van der Waals surface area contributed by atoms with E-state index in [9.17, 15) is 0 Å². The summed E-state index contributed by atoms with van der Waals surface area (Å²) in [6, 6.07) is 30.2. The summed E-state index contributed by atoms with van der Waals surface area (Å²) in [5, 5.41) is 5.48. The van der Waals surface area contributed by atoms with Gasteiger partial charge in [0.25, 0.3) is 0 Å². The summed E-state index contributed by atoms with van der Waals surface area (Å²) in [7, 11) is 2.39. The van der Waals surface area contributed by atoms with Crippen LogP contribution in [0.4, 0.5) is 0 Å². The highest BCUT2D eigenvalue weighted by atomic mass is 31.1. The molecule has 1 unspecified atom stereocenters. The Hall–Kier alpha value is -1.48. The first-order valence-electron chi connectivity index (χ1n) is 6.61. The zero-order chi connectivity index (χ0) is 13.8.